The Morgan fingerprint density at radius 3 is 1.90 bits per heavy atom. The van der Waals surface area contributed by atoms with Crippen LogP contribution in [0.5, 0.6) is 11.5 Å². The van der Waals surface area contributed by atoms with Gasteiger partial charge in [0, 0.05) is 5.56 Å². The summed E-state index contributed by atoms with van der Waals surface area (Å²) in [5.41, 5.74) is 7.44. The first kappa shape index (κ1) is 24.6. The summed E-state index contributed by atoms with van der Waals surface area (Å²) in [6, 6.07) is 3.22. The van der Waals surface area contributed by atoms with Gasteiger partial charge >= 0.3 is 0 Å². The van der Waals surface area contributed by atoms with E-state index in [9.17, 15) is 10.2 Å². The number of rotatable bonds is 9. The standard InChI is InChI=1S/C27H38O2/c1-19(2)10-8-12-21(5)14-15-24(16-22(6)13-9-11-20(3)4)26-18-25(28)17-23(7)27(26)29/h10-11,14-18,28-29H,8-9,12-13H2,1-7H3. The van der Waals surface area contributed by atoms with Gasteiger partial charge < -0.3 is 10.2 Å². The number of hydrogen-bond donors (Lipinski definition) is 2. The zero-order chi connectivity index (χ0) is 22.0. The van der Waals surface area contributed by atoms with Crippen molar-refractivity contribution >= 4 is 5.57 Å². The van der Waals surface area contributed by atoms with Gasteiger partial charge in [-0.1, -0.05) is 52.7 Å². The lowest BCUT2D eigenvalue weighted by atomic mass is 9.97. The monoisotopic (exact) mass is 394 g/mol. The quantitative estimate of drug-likeness (QED) is 0.252. The molecule has 0 bridgehead atoms. The molecular weight excluding hydrogens is 356 g/mol. The van der Waals surface area contributed by atoms with E-state index in [1.54, 1.807) is 12.1 Å². The molecule has 158 valence electrons. The Bertz CT molecular complexity index is 838. The average Bonchev–Trinajstić information content (AvgIpc) is 2.61. The molecule has 29 heavy (non-hydrogen) atoms. The summed E-state index contributed by atoms with van der Waals surface area (Å²) < 4.78 is 0. The van der Waals surface area contributed by atoms with E-state index in [1.165, 1.54) is 22.3 Å². The van der Waals surface area contributed by atoms with Crippen molar-refractivity contribution in [3.05, 3.63) is 75.9 Å². The Balaban J connectivity index is 3.25. The van der Waals surface area contributed by atoms with Gasteiger partial charge in [0.25, 0.3) is 0 Å². The van der Waals surface area contributed by atoms with Gasteiger partial charge in [0.2, 0.25) is 0 Å². The third-order valence-corrected chi connectivity index (χ3v) is 4.73. The minimum absolute atomic E-state index is 0.168. The van der Waals surface area contributed by atoms with Gasteiger partial charge in [-0.05, 0) is 97.4 Å². The summed E-state index contributed by atoms with van der Waals surface area (Å²) in [5, 5.41) is 20.7. The smallest absolute Gasteiger partial charge is 0.126 e. The SMILES string of the molecule is CC(C)=CCCC(C)=CC=C(C=C(C)CCC=C(C)C)c1cc(O)cc(C)c1O. The van der Waals surface area contributed by atoms with Crippen molar-refractivity contribution in [3.8, 4) is 11.5 Å². The third kappa shape index (κ3) is 9.51. The average molecular weight is 395 g/mol. The first-order valence-corrected chi connectivity index (χ1v) is 10.4. The van der Waals surface area contributed by atoms with Crippen LogP contribution in [-0.4, -0.2) is 10.2 Å². The van der Waals surface area contributed by atoms with Crippen molar-refractivity contribution in [2.24, 2.45) is 0 Å². The normalized spacial score (nSPS) is 12.7. The molecule has 0 aliphatic rings. The van der Waals surface area contributed by atoms with Crippen molar-refractivity contribution in [3.63, 3.8) is 0 Å². The molecule has 0 amide bonds. The van der Waals surface area contributed by atoms with Gasteiger partial charge in [0.05, 0.1) is 0 Å². The molecule has 0 aliphatic heterocycles. The van der Waals surface area contributed by atoms with E-state index < -0.39 is 0 Å². The Morgan fingerprint density at radius 2 is 1.34 bits per heavy atom. The first-order chi connectivity index (χ1) is 13.6. The molecule has 1 aromatic carbocycles. The van der Waals surface area contributed by atoms with E-state index in [0.29, 0.717) is 11.1 Å². The zero-order valence-electron chi connectivity index (χ0n) is 19.3. The minimum Gasteiger partial charge on any atom is -0.508 e. The molecule has 1 rings (SSSR count). The van der Waals surface area contributed by atoms with E-state index >= 15 is 0 Å². The highest BCUT2D eigenvalue weighted by atomic mass is 16.3. The lowest BCUT2D eigenvalue weighted by molar-refractivity contribution is 0.455. The Hall–Kier alpha value is -2.48. The van der Waals surface area contributed by atoms with Crippen LogP contribution in [0.3, 0.4) is 0 Å². The van der Waals surface area contributed by atoms with Crippen molar-refractivity contribution in [1.82, 2.24) is 0 Å². The highest BCUT2D eigenvalue weighted by molar-refractivity contribution is 5.80. The summed E-state index contributed by atoms with van der Waals surface area (Å²) in [6.07, 6.45) is 14.8. The second-order valence-electron chi connectivity index (χ2n) is 8.42. The number of benzene rings is 1. The number of phenols is 2. The second kappa shape index (κ2) is 12.2. The van der Waals surface area contributed by atoms with Gasteiger partial charge in [-0.3, -0.25) is 0 Å². The minimum atomic E-state index is 0.168. The van der Waals surface area contributed by atoms with Gasteiger partial charge in [-0.2, -0.15) is 0 Å². The number of phenolic OH excluding ortho intramolecular Hbond substituents is 2. The van der Waals surface area contributed by atoms with Gasteiger partial charge in [-0.15, -0.1) is 0 Å². The van der Waals surface area contributed by atoms with E-state index in [4.69, 9.17) is 0 Å². The molecular formula is C27H38O2. The maximum Gasteiger partial charge on any atom is 0.126 e. The Kier molecular flexibility index (Phi) is 10.3. The number of hydrogen-bond acceptors (Lipinski definition) is 2. The van der Waals surface area contributed by atoms with Crippen LogP contribution in [0.4, 0.5) is 0 Å². The summed E-state index contributed by atoms with van der Waals surface area (Å²) in [4.78, 5) is 0. The lowest BCUT2D eigenvalue weighted by Crippen LogP contribution is -1.88. The fourth-order valence-corrected chi connectivity index (χ4v) is 3.03. The molecule has 0 saturated heterocycles. The van der Waals surface area contributed by atoms with Crippen LogP contribution in [0, 0.1) is 6.92 Å². The number of aryl methyl sites for hydroxylation is 1. The van der Waals surface area contributed by atoms with E-state index in [1.807, 2.05) is 6.92 Å². The van der Waals surface area contributed by atoms with E-state index in [2.05, 4.69) is 71.9 Å². The molecule has 0 heterocycles. The van der Waals surface area contributed by atoms with Crippen LogP contribution in [0.15, 0.2) is 64.8 Å². The molecule has 1 aromatic rings. The predicted molar refractivity (Wildman–Crippen MR) is 127 cm³/mol. The summed E-state index contributed by atoms with van der Waals surface area (Å²) in [7, 11) is 0. The molecule has 0 atom stereocenters. The largest absolute Gasteiger partial charge is 0.508 e. The van der Waals surface area contributed by atoms with Crippen LogP contribution in [0.2, 0.25) is 0 Å². The Labute approximate surface area is 177 Å². The van der Waals surface area contributed by atoms with Crippen LogP contribution in [0.25, 0.3) is 5.57 Å². The van der Waals surface area contributed by atoms with Crippen molar-refractivity contribution in [2.75, 3.05) is 0 Å². The van der Waals surface area contributed by atoms with Crippen molar-refractivity contribution in [2.45, 2.75) is 74.1 Å². The zero-order valence-corrected chi connectivity index (χ0v) is 19.3. The van der Waals surface area contributed by atoms with Gasteiger partial charge in [0.1, 0.15) is 11.5 Å². The van der Waals surface area contributed by atoms with Crippen LogP contribution in [-0.2, 0) is 0 Å². The number of allylic oxidation sites excluding steroid dienone is 10. The number of aromatic hydroxyl groups is 2. The predicted octanol–water partition coefficient (Wildman–Crippen LogP) is 8.18. The maximum atomic E-state index is 10.6. The highest BCUT2D eigenvalue weighted by Gasteiger charge is 2.10. The Morgan fingerprint density at radius 1 is 0.793 bits per heavy atom. The fourth-order valence-electron chi connectivity index (χ4n) is 3.03. The van der Waals surface area contributed by atoms with Crippen LogP contribution < -0.4 is 0 Å². The topological polar surface area (TPSA) is 40.5 Å². The first-order valence-electron chi connectivity index (χ1n) is 10.4. The maximum absolute atomic E-state index is 10.6. The fraction of sp³-hybridized carbons (Fsp3) is 0.407. The third-order valence-electron chi connectivity index (χ3n) is 4.73. The van der Waals surface area contributed by atoms with E-state index in [-0.39, 0.29) is 11.5 Å². The molecule has 2 nitrogen and oxygen atoms in total. The molecule has 0 saturated carbocycles. The molecule has 2 heteroatoms. The molecule has 0 spiro atoms. The van der Waals surface area contributed by atoms with Gasteiger partial charge in [0.15, 0.2) is 0 Å². The lowest BCUT2D eigenvalue weighted by Gasteiger charge is -2.11. The van der Waals surface area contributed by atoms with Crippen molar-refractivity contribution in [1.29, 1.82) is 0 Å². The van der Waals surface area contributed by atoms with Gasteiger partial charge in [-0.25, -0.2) is 0 Å². The van der Waals surface area contributed by atoms with Crippen LogP contribution >= 0.6 is 0 Å². The van der Waals surface area contributed by atoms with E-state index in [0.717, 1.165) is 31.3 Å². The van der Waals surface area contributed by atoms with Crippen LogP contribution in [0.1, 0.15) is 78.4 Å². The summed E-state index contributed by atoms with van der Waals surface area (Å²) in [6.45, 7) is 14.5. The molecule has 0 aromatic heterocycles. The second-order valence-corrected chi connectivity index (χ2v) is 8.42. The molecule has 2 N–H and O–H groups in total. The molecule has 0 fully saturated rings. The summed E-state index contributed by atoms with van der Waals surface area (Å²) in [5.74, 6) is 0.388. The molecule has 0 radical (unpaired) electrons. The molecule has 0 unspecified atom stereocenters. The van der Waals surface area contributed by atoms with Crippen molar-refractivity contribution < 1.29 is 10.2 Å². The highest BCUT2D eigenvalue weighted by Crippen LogP contribution is 2.34. The summed E-state index contributed by atoms with van der Waals surface area (Å²) >= 11 is 0. The molecule has 0 aliphatic carbocycles.